The molecule has 0 bridgehead atoms. The Morgan fingerprint density at radius 3 is 2.03 bits per heavy atom. The van der Waals surface area contributed by atoms with Crippen LogP contribution in [-0.2, 0) is 14.2 Å². The minimum absolute atomic E-state index is 0.275. The van der Waals surface area contributed by atoms with Gasteiger partial charge in [0, 0.05) is 61.9 Å². The quantitative estimate of drug-likeness (QED) is 0.456. The molecular formula is C28H32N4O4S. The number of anilines is 1. The molecule has 194 valence electrons. The Balaban J connectivity index is 1.04. The fourth-order valence-electron chi connectivity index (χ4n) is 5.68. The van der Waals surface area contributed by atoms with Gasteiger partial charge in [-0.3, -0.25) is 4.90 Å². The number of benzene rings is 2. The Morgan fingerprint density at radius 2 is 1.46 bits per heavy atom. The van der Waals surface area contributed by atoms with Crippen LogP contribution in [0, 0.1) is 0 Å². The van der Waals surface area contributed by atoms with Crippen molar-refractivity contribution in [2.45, 2.75) is 37.5 Å². The number of ether oxygens (including phenoxy) is 3. The van der Waals surface area contributed by atoms with Gasteiger partial charge in [-0.05, 0) is 49.2 Å². The van der Waals surface area contributed by atoms with Crippen LogP contribution in [0.2, 0.25) is 0 Å². The van der Waals surface area contributed by atoms with Gasteiger partial charge in [0.15, 0.2) is 5.79 Å². The van der Waals surface area contributed by atoms with Gasteiger partial charge in [0.05, 0.1) is 25.9 Å². The van der Waals surface area contributed by atoms with Crippen molar-refractivity contribution in [1.29, 1.82) is 0 Å². The average Bonchev–Trinajstić information content (AvgIpc) is 3.64. The molecule has 3 heterocycles. The van der Waals surface area contributed by atoms with Crippen LogP contribution in [0.1, 0.15) is 36.0 Å². The maximum atomic E-state index is 11.7. The van der Waals surface area contributed by atoms with E-state index >= 15 is 0 Å². The van der Waals surface area contributed by atoms with E-state index in [9.17, 15) is 4.79 Å². The molecule has 0 unspecified atom stereocenters. The third-order valence-electron chi connectivity index (χ3n) is 7.82. The van der Waals surface area contributed by atoms with E-state index < -0.39 is 0 Å². The van der Waals surface area contributed by atoms with E-state index in [1.165, 1.54) is 12.8 Å². The van der Waals surface area contributed by atoms with Gasteiger partial charge in [0.25, 0.3) is 0 Å². The fourth-order valence-corrected chi connectivity index (χ4v) is 6.53. The molecule has 2 aliphatic heterocycles. The van der Waals surface area contributed by atoms with Crippen LogP contribution in [0.15, 0.2) is 48.5 Å². The Bertz CT molecular complexity index is 1210. The Morgan fingerprint density at radius 1 is 0.892 bits per heavy atom. The molecule has 0 amide bonds. The topological polar surface area (TPSA) is 77.0 Å². The van der Waals surface area contributed by atoms with Crippen molar-refractivity contribution in [1.82, 2.24) is 15.1 Å². The first kappa shape index (κ1) is 24.5. The lowest BCUT2D eigenvalue weighted by molar-refractivity contribution is -0.184. The van der Waals surface area contributed by atoms with Gasteiger partial charge in [-0.25, -0.2) is 4.79 Å². The van der Waals surface area contributed by atoms with Gasteiger partial charge in [0.1, 0.15) is 10.0 Å². The largest absolute Gasteiger partial charge is 0.465 e. The molecule has 6 rings (SSSR count). The maximum Gasteiger partial charge on any atom is 0.337 e. The van der Waals surface area contributed by atoms with Crippen molar-refractivity contribution < 1.29 is 19.0 Å². The third kappa shape index (κ3) is 5.13. The third-order valence-corrected chi connectivity index (χ3v) is 8.84. The first-order chi connectivity index (χ1) is 18.1. The number of nitrogens with zero attached hydrogens (tertiary/aromatic N) is 4. The highest BCUT2D eigenvalue weighted by molar-refractivity contribution is 7.17. The summed E-state index contributed by atoms with van der Waals surface area (Å²) in [5.41, 5.74) is 3.77. The second-order valence-corrected chi connectivity index (χ2v) is 10.9. The van der Waals surface area contributed by atoms with Gasteiger partial charge in [-0.1, -0.05) is 23.5 Å². The minimum atomic E-state index is -0.345. The Kier molecular flexibility index (Phi) is 6.94. The first-order valence-electron chi connectivity index (χ1n) is 13.0. The van der Waals surface area contributed by atoms with Crippen molar-refractivity contribution in [2.75, 3.05) is 51.4 Å². The summed E-state index contributed by atoms with van der Waals surface area (Å²) < 4.78 is 16.6. The molecule has 9 heteroatoms. The first-order valence-corrected chi connectivity index (χ1v) is 13.8. The van der Waals surface area contributed by atoms with Gasteiger partial charge in [-0.15, -0.1) is 10.2 Å². The van der Waals surface area contributed by atoms with E-state index in [1.54, 1.807) is 23.5 Å². The molecule has 3 aliphatic rings. The summed E-state index contributed by atoms with van der Waals surface area (Å²) in [4.78, 5) is 16.8. The summed E-state index contributed by atoms with van der Waals surface area (Å²) in [5, 5.41) is 10.5. The number of aromatic nitrogens is 2. The van der Waals surface area contributed by atoms with Crippen LogP contribution in [0.25, 0.3) is 21.1 Å². The predicted molar refractivity (Wildman–Crippen MR) is 143 cm³/mol. The summed E-state index contributed by atoms with van der Waals surface area (Å²) in [6.07, 6.45) is 4.36. The van der Waals surface area contributed by atoms with Crippen molar-refractivity contribution in [3.05, 3.63) is 54.1 Å². The summed E-state index contributed by atoms with van der Waals surface area (Å²) >= 11 is 1.55. The molecule has 0 N–H and O–H groups in total. The van der Waals surface area contributed by atoms with Gasteiger partial charge < -0.3 is 19.1 Å². The number of esters is 1. The number of carbonyl (C=O) groups is 1. The molecule has 1 saturated carbocycles. The highest BCUT2D eigenvalue weighted by Crippen LogP contribution is 2.38. The molecule has 2 saturated heterocycles. The molecule has 2 aromatic carbocycles. The highest BCUT2D eigenvalue weighted by atomic mass is 32.1. The average molecular weight is 521 g/mol. The lowest BCUT2D eigenvalue weighted by atomic mass is 9.88. The second-order valence-electron chi connectivity index (χ2n) is 9.89. The molecule has 1 aromatic heterocycles. The van der Waals surface area contributed by atoms with Gasteiger partial charge >= 0.3 is 5.97 Å². The summed E-state index contributed by atoms with van der Waals surface area (Å²) in [5.74, 6) is -0.620. The van der Waals surface area contributed by atoms with Crippen LogP contribution < -0.4 is 4.90 Å². The standard InChI is InChI=1S/C28H32N4O4S/c1-34-27(33)22-4-2-20(3-5-22)25-29-30-26(37-25)21-6-8-23(9-7-21)31-14-16-32(17-15-31)24-10-12-28(13-11-24)35-18-19-36-28/h2-9,24H,10-19H2,1H3. The van der Waals surface area contributed by atoms with Crippen molar-refractivity contribution in [2.24, 2.45) is 0 Å². The van der Waals surface area contributed by atoms with Crippen LogP contribution in [0.3, 0.4) is 0 Å². The summed E-state index contributed by atoms with van der Waals surface area (Å²) in [6.45, 7) is 5.76. The zero-order valence-corrected chi connectivity index (χ0v) is 21.9. The number of hydrogen-bond donors (Lipinski definition) is 0. The van der Waals surface area contributed by atoms with Crippen molar-refractivity contribution in [3.8, 4) is 21.1 Å². The van der Waals surface area contributed by atoms with E-state index in [4.69, 9.17) is 14.2 Å². The van der Waals surface area contributed by atoms with Crippen molar-refractivity contribution >= 4 is 23.0 Å². The molecular weight excluding hydrogens is 488 g/mol. The second kappa shape index (κ2) is 10.5. The van der Waals surface area contributed by atoms with Crippen molar-refractivity contribution in [3.63, 3.8) is 0 Å². The maximum absolute atomic E-state index is 11.7. The number of carbonyl (C=O) groups excluding carboxylic acids is 1. The minimum Gasteiger partial charge on any atom is -0.465 e. The fraction of sp³-hybridized carbons (Fsp3) is 0.464. The molecule has 1 spiro atoms. The summed E-state index contributed by atoms with van der Waals surface area (Å²) in [6, 6.07) is 16.5. The lowest BCUT2D eigenvalue weighted by Crippen LogP contribution is -2.52. The Hall–Kier alpha value is -2.85. The normalized spacial score (nSPS) is 20.4. The van der Waals surface area contributed by atoms with Crippen LogP contribution >= 0.6 is 11.3 Å². The number of rotatable bonds is 5. The molecule has 3 fully saturated rings. The van der Waals surface area contributed by atoms with Gasteiger partial charge in [-0.2, -0.15) is 0 Å². The zero-order valence-electron chi connectivity index (χ0n) is 21.1. The molecule has 0 atom stereocenters. The molecule has 8 nitrogen and oxygen atoms in total. The molecule has 37 heavy (non-hydrogen) atoms. The molecule has 3 aromatic rings. The number of piperazine rings is 1. The lowest BCUT2D eigenvalue weighted by Gasteiger charge is -2.44. The van der Waals surface area contributed by atoms with Crippen LogP contribution in [0.4, 0.5) is 5.69 Å². The van der Waals surface area contributed by atoms with Gasteiger partial charge in [0.2, 0.25) is 0 Å². The molecule has 0 radical (unpaired) electrons. The van der Waals surface area contributed by atoms with E-state index in [0.717, 1.165) is 86.2 Å². The monoisotopic (exact) mass is 520 g/mol. The van der Waals surface area contributed by atoms with E-state index in [1.807, 2.05) is 12.1 Å². The number of hydrogen-bond acceptors (Lipinski definition) is 9. The predicted octanol–water partition coefficient (Wildman–Crippen LogP) is 4.47. The number of methoxy groups -OCH3 is 1. The van der Waals surface area contributed by atoms with E-state index in [0.29, 0.717) is 11.6 Å². The smallest absolute Gasteiger partial charge is 0.337 e. The van der Waals surface area contributed by atoms with Crippen LogP contribution in [0.5, 0.6) is 0 Å². The molecule has 1 aliphatic carbocycles. The van der Waals surface area contributed by atoms with Crippen LogP contribution in [-0.4, -0.2) is 79.4 Å². The SMILES string of the molecule is COC(=O)c1ccc(-c2nnc(-c3ccc(N4CCN(C5CCC6(CC5)OCCO6)CC4)cc3)s2)cc1. The zero-order chi connectivity index (χ0) is 25.2. The summed E-state index contributed by atoms with van der Waals surface area (Å²) in [7, 11) is 1.38. The highest BCUT2D eigenvalue weighted by Gasteiger charge is 2.41. The Labute approximate surface area is 221 Å². The van der Waals surface area contributed by atoms with E-state index in [2.05, 4.69) is 44.3 Å². The van der Waals surface area contributed by atoms with E-state index in [-0.39, 0.29) is 11.8 Å².